The molecule has 0 atom stereocenters. The zero-order chi connectivity index (χ0) is 11.5. The molecule has 0 bridgehead atoms. The van der Waals surface area contributed by atoms with Crippen LogP contribution in [0.15, 0.2) is 22.8 Å². The number of carbonyl (C=O) groups excluding carboxylic acids is 1. The van der Waals surface area contributed by atoms with Gasteiger partial charge in [0.15, 0.2) is 0 Å². The normalized spacial score (nSPS) is 17.5. The summed E-state index contributed by atoms with van der Waals surface area (Å²) in [5.74, 6) is 1.35. The standard InChI is InChI=1S/C12H15BrN2O/c1-15(9-4-6-10(16)7-5-9)12-11(13)3-2-8-14-12/h2-3,8-9H,4-7H2,1H3. The summed E-state index contributed by atoms with van der Waals surface area (Å²) in [6.07, 6.45) is 5.10. The number of aromatic nitrogens is 1. The predicted molar refractivity (Wildman–Crippen MR) is 67.6 cm³/mol. The van der Waals surface area contributed by atoms with Crippen molar-refractivity contribution in [3.05, 3.63) is 22.8 Å². The van der Waals surface area contributed by atoms with Gasteiger partial charge in [-0.25, -0.2) is 4.98 Å². The lowest BCUT2D eigenvalue weighted by Crippen LogP contribution is -2.35. The molecule has 1 saturated carbocycles. The third-order valence-corrected chi connectivity index (χ3v) is 3.75. The van der Waals surface area contributed by atoms with Gasteiger partial charge in [0.2, 0.25) is 0 Å². The van der Waals surface area contributed by atoms with E-state index in [0.29, 0.717) is 24.7 Å². The molecular formula is C12H15BrN2O. The van der Waals surface area contributed by atoms with Crippen LogP contribution in [0, 0.1) is 0 Å². The summed E-state index contributed by atoms with van der Waals surface area (Å²) in [6, 6.07) is 4.34. The van der Waals surface area contributed by atoms with Gasteiger partial charge in [0.05, 0.1) is 4.47 Å². The number of Topliss-reactive ketones (excluding diaryl/α,β-unsaturated/α-hetero) is 1. The molecule has 0 saturated heterocycles. The summed E-state index contributed by atoms with van der Waals surface area (Å²) in [5.41, 5.74) is 0. The largest absolute Gasteiger partial charge is 0.356 e. The van der Waals surface area contributed by atoms with Crippen LogP contribution >= 0.6 is 15.9 Å². The van der Waals surface area contributed by atoms with Gasteiger partial charge in [0.1, 0.15) is 11.6 Å². The van der Waals surface area contributed by atoms with Crippen molar-refractivity contribution >= 4 is 27.5 Å². The molecule has 0 unspecified atom stereocenters. The molecule has 1 aromatic rings. The fourth-order valence-electron chi connectivity index (χ4n) is 2.12. The Morgan fingerprint density at radius 1 is 1.44 bits per heavy atom. The van der Waals surface area contributed by atoms with Gasteiger partial charge in [-0.15, -0.1) is 0 Å². The monoisotopic (exact) mass is 282 g/mol. The molecule has 0 amide bonds. The lowest BCUT2D eigenvalue weighted by molar-refractivity contribution is -0.120. The Bertz CT molecular complexity index is 384. The maximum atomic E-state index is 11.2. The Morgan fingerprint density at radius 2 is 2.12 bits per heavy atom. The SMILES string of the molecule is CN(c1ncccc1Br)C1CCC(=O)CC1. The highest BCUT2D eigenvalue weighted by Crippen LogP contribution is 2.28. The van der Waals surface area contributed by atoms with Gasteiger partial charge in [-0.2, -0.15) is 0 Å². The number of pyridine rings is 1. The minimum absolute atomic E-state index is 0.393. The Kier molecular flexibility index (Phi) is 3.59. The van der Waals surface area contributed by atoms with E-state index in [1.165, 1.54) is 0 Å². The second-order valence-electron chi connectivity index (χ2n) is 4.19. The van der Waals surface area contributed by atoms with E-state index in [1.54, 1.807) is 6.20 Å². The van der Waals surface area contributed by atoms with Gasteiger partial charge in [0, 0.05) is 32.1 Å². The van der Waals surface area contributed by atoms with Crippen molar-refractivity contribution < 1.29 is 4.79 Å². The number of hydrogen-bond donors (Lipinski definition) is 0. The molecule has 1 aliphatic carbocycles. The van der Waals surface area contributed by atoms with Crippen LogP contribution < -0.4 is 4.90 Å². The van der Waals surface area contributed by atoms with Crippen LogP contribution in [0.4, 0.5) is 5.82 Å². The molecule has 0 aliphatic heterocycles. The van der Waals surface area contributed by atoms with Gasteiger partial charge in [-0.05, 0) is 40.9 Å². The van der Waals surface area contributed by atoms with E-state index in [4.69, 9.17) is 0 Å². The molecule has 3 nitrogen and oxygen atoms in total. The van der Waals surface area contributed by atoms with E-state index in [1.807, 2.05) is 19.2 Å². The first-order valence-electron chi connectivity index (χ1n) is 5.53. The highest BCUT2D eigenvalue weighted by molar-refractivity contribution is 9.10. The van der Waals surface area contributed by atoms with Crippen LogP contribution in [0.3, 0.4) is 0 Å². The molecule has 0 N–H and O–H groups in total. The first-order chi connectivity index (χ1) is 7.68. The third-order valence-electron chi connectivity index (χ3n) is 3.13. The highest BCUT2D eigenvalue weighted by Gasteiger charge is 2.23. The van der Waals surface area contributed by atoms with E-state index in [0.717, 1.165) is 23.1 Å². The molecule has 1 heterocycles. The fourth-order valence-corrected chi connectivity index (χ4v) is 2.66. The maximum Gasteiger partial charge on any atom is 0.142 e. The molecule has 0 aromatic carbocycles. The van der Waals surface area contributed by atoms with Crippen molar-refractivity contribution in [2.75, 3.05) is 11.9 Å². The molecule has 1 aromatic heterocycles. The van der Waals surface area contributed by atoms with E-state index in [-0.39, 0.29) is 0 Å². The third kappa shape index (κ3) is 2.43. The lowest BCUT2D eigenvalue weighted by Gasteiger charge is -2.32. The second-order valence-corrected chi connectivity index (χ2v) is 5.04. The average Bonchev–Trinajstić information content (AvgIpc) is 2.30. The fraction of sp³-hybridized carbons (Fsp3) is 0.500. The van der Waals surface area contributed by atoms with Crippen molar-refractivity contribution in [3.63, 3.8) is 0 Å². The smallest absolute Gasteiger partial charge is 0.142 e. The molecule has 2 rings (SSSR count). The lowest BCUT2D eigenvalue weighted by atomic mass is 9.93. The number of rotatable bonds is 2. The van der Waals surface area contributed by atoms with Gasteiger partial charge in [-0.1, -0.05) is 0 Å². The summed E-state index contributed by atoms with van der Waals surface area (Å²) in [6.45, 7) is 0. The summed E-state index contributed by atoms with van der Waals surface area (Å²) in [7, 11) is 2.05. The zero-order valence-electron chi connectivity index (χ0n) is 9.32. The highest BCUT2D eigenvalue weighted by atomic mass is 79.9. The van der Waals surface area contributed by atoms with Gasteiger partial charge >= 0.3 is 0 Å². The van der Waals surface area contributed by atoms with Gasteiger partial charge in [-0.3, -0.25) is 4.79 Å². The molecule has 0 radical (unpaired) electrons. The summed E-state index contributed by atoms with van der Waals surface area (Å²) >= 11 is 3.50. The van der Waals surface area contributed by atoms with Crippen LogP contribution in [-0.4, -0.2) is 23.9 Å². The number of halogens is 1. The minimum Gasteiger partial charge on any atom is -0.356 e. The Labute approximate surface area is 104 Å². The molecular weight excluding hydrogens is 268 g/mol. The number of ketones is 1. The first-order valence-corrected chi connectivity index (χ1v) is 6.33. The molecule has 4 heteroatoms. The molecule has 0 spiro atoms. The number of carbonyl (C=O) groups is 1. The van der Waals surface area contributed by atoms with Crippen LogP contribution in [0.1, 0.15) is 25.7 Å². The molecule has 16 heavy (non-hydrogen) atoms. The summed E-state index contributed by atoms with van der Waals surface area (Å²) < 4.78 is 1.01. The van der Waals surface area contributed by atoms with E-state index in [9.17, 15) is 4.79 Å². The molecule has 1 aliphatic rings. The Morgan fingerprint density at radius 3 is 2.75 bits per heavy atom. The van der Waals surface area contributed by atoms with Gasteiger partial charge in [0.25, 0.3) is 0 Å². The van der Waals surface area contributed by atoms with Crippen molar-refractivity contribution in [2.24, 2.45) is 0 Å². The van der Waals surface area contributed by atoms with Crippen LogP contribution in [0.5, 0.6) is 0 Å². The van der Waals surface area contributed by atoms with Crippen LogP contribution in [-0.2, 0) is 4.79 Å². The Hall–Kier alpha value is -0.900. The van der Waals surface area contributed by atoms with Crippen molar-refractivity contribution in [2.45, 2.75) is 31.7 Å². The zero-order valence-corrected chi connectivity index (χ0v) is 10.9. The summed E-state index contributed by atoms with van der Waals surface area (Å²) in [5, 5.41) is 0. The van der Waals surface area contributed by atoms with Crippen LogP contribution in [0.2, 0.25) is 0 Å². The quantitative estimate of drug-likeness (QED) is 0.836. The van der Waals surface area contributed by atoms with Crippen molar-refractivity contribution in [3.8, 4) is 0 Å². The second kappa shape index (κ2) is 4.95. The predicted octanol–water partition coefficient (Wildman–Crippen LogP) is 2.79. The van der Waals surface area contributed by atoms with E-state index in [2.05, 4.69) is 25.8 Å². The minimum atomic E-state index is 0.393. The molecule has 86 valence electrons. The van der Waals surface area contributed by atoms with E-state index < -0.39 is 0 Å². The van der Waals surface area contributed by atoms with Crippen LogP contribution in [0.25, 0.3) is 0 Å². The number of nitrogens with zero attached hydrogens (tertiary/aromatic N) is 2. The topological polar surface area (TPSA) is 33.2 Å². The van der Waals surface area contributed by atoms with Crippen molar-refractivity contribution in [1.82, 2.24) is 4.98 Å². The summed E-state index contributed by atoms with van der Waals surface area (Å²) in [4.78, 5) is 17.7. The van der Waals surface area contributed by atoms with Gasteiger partial charge < -0.3 is 4.90 Å². The number of hydrogen-bond acceptors (Lipinski definition) is 3. The Balaban J connectivity index is 2.10. The van der Waals surface area contributed by atoms with E-state index >= 15 is 0 Å². The first kappa shape index (κ1) is 11.6. The molecule has 1 fully saturated rings. The number of anilines is 1. The maximum absolute atomic E-state index is 11.2. The average molecular weight is 283 g/mol. The van der Waals surface area contributed by atoms with Crippen molar-refractivity contribution in [1.29, 1.82) is 0 Å².